The van der Waals surface area contributed by atoms with Crippen LogP contribution >= 0.6 is 0 Å². The predicted octanol–water partition coefficient (Wildman–Crippen LogP) is 1.46. The molecule has 1 unspecified atom stereocenters. The third kappa shape index (κ3) is 3.68. The third-order valence-corrected chi connectivity index (χ3v) is 3.43. The van der Waals surface area contributed by atoms with Gasteiger partial charge in [-0.2, -0.15) is 0 Å². The van der Waals surface area contributed by atoms with Crippen molar-refractivity contribution in [2.45, 2.75) is 19.4 Å². The molecule has 1 aliphatic heterocycles. The highest BCUT2D eigenvalue weighted by Crippen LogP contribution is 2.18. The largest absolute Gasteiger partial charge is 0.399 e. The van der Waals surface area contributed by atoms with Crippen molar-refractivity contribution < 1.29 is 13.9 Å². The lowest BCUT2D eigenvalue weighted by Gasteiger charge is -2.26. The summed E-state index contributed by atoms with van der Waals surface area (Å²) < 4.78 is 19.0. The number of halogens is 1. The van der Waals surface area contributed by atoms with E-state index in [0.717, 1.165) is 13.0 Å². The van der Waals surface area contributed by atoms with E-state index in [1.165, 1.54) is 18.2 Å². The minimum absolute atomic E-state index is 0.118. The lowest BCUT2D eigenvalue weighted by molar-refractivity contribution is -0.120. The minimum atomic E-state index is -0.487. The Bertz CT molecular complexity index is 473. The van der Waals surface area contributed by atoms with Crippen molar-refractivity contribution in [2.24, 2.45) is 0 Å². The zero-order valence-electron chi connectivity index (χ0n) is 11.6. The smallest absolute Gasteiger partial charge is 0.241 e. The van der Waals surface area contributed by atoms with Crippen molar-refractivity contribution in [3.8, 4) is 0 Å². The Labute approximate surface area is 117 Å². The number of carbonyl (C=O) groups excluding carboxylic acids is 1. The molecular formula is C14H20FN3O2. The fraction of sp³-hybridized carbons (Fsp3) is 0.500. The van der Waals surface area contributed by atoms with Crippen LogP contribution in [0.4, 0.5) is 15.8 Å². The lowest BCUT2D eigenvalue weighted by atomic mass is 10.2. The molecule has 20 heavy (non-hydrogen) atoms. The number of nitrogens with two attached hydrogens (primary N) is 1. The van der Waals surface area contributed by atoms with Crippen molar-refractivity contribution in [1.29, 1.82) is 0 Å². The highest BCUT2D eigenvalue weighted by molar-refractivity contribution is 5.95. The van der Waals surface area contributed by atoms with Crippen LogP contribution in [0.5, 0.6) is 0 Å². The molecule has 1 atom stereocenters. The number of anilines is 2. The zero-order chi connectivity index (χ0) is 14.5. The minimum Gasteiger partial charge on any atom is -0.399 e. The van der Waals surface area contributed by atoms with E-state index in [4.69, 9.17) is 10.5 Å². The van der Waals surface area contributed by atoms with Gasteiger partial charge in [-0.1, -0.05) is 0 Å². The van der Waals surface area contributed by atoms with Gasteiger partial charge in [0.05, 0.1) is 18.3 Å². The molecule has 5 nitrogen and oxygen atoms in total. The van der Waals surface area contributed by atoms with Gasteiger partial charge >= 0.3 is 0 Å². The SMILES string of the molecule is CC(C(=O)Nc1cc(N)ccc1F)N1CCCOCC1. The third-order valence-electron chi connectivity index (χ3n) is 3.43. The average molecular weight is 281 g/mol. The molecule has 0 spiro atoms. The first kappa shape index (κ1) is 14.7. The Morgan fingerprint density at radius 2 is 2.25 bits per heavy atom. The second-order valence-corrected chi connectivity index (χ2v) is 4.91. The molecule has 1 aromatic rings. The van der Waals surface area contributed by atoms with Crippen LogP contribution in [-0.4, -0.2) is 43.2 Å². The number of nitrogens with zero attached hydrogens (tertiary/aromatic N) is 1. The number of ether oxygens (including phenoxy) is 1. The maximum Gasteiger partial charge on any atom is 0.241 e. The summed E-state index contributed by atoms with van der Waals surface area (Å²) >= 11 is 0. The molecule has 0 aromatic heterocycles. The molecule has 1 aromatic carbocycles. The number of carbonyl (C=O) groups is 1. The van der Waals surface area contributed by atoms with Gasteiger partial charge in [0.25, 0.3) is 0 Å². The molecule has 0 aliphatic carbocycles. The molecule has 1 aliphatic rings. The highest BCUT2D eigenvalue weighted by Gasteiger charge is 2.23. The van der Waals surface area contributed by atoms with Crippen LogP contribution in [0.1, 0.15) is 13.3 Å². The van der Waals surface area contributed by atoms with E-state index in [0.29, 0.717) is 25.4 Å². The van der Waals surface area contributed by atoms with Crippen LogP contribution in [0.15, 0.2) is 18.2 Å². The van der Waals surface area contributed by atoms with Gasteiger partial charge in [0.2, 0.25) is 5.91 Å². The summed E-state index contributed by atoms with van der Waals surface area (Å²) in [4.78, 5) is 14.2. The van der Waals surface area contributed by atoms with Crippen LogP contribution in [0.2, 0.25) is 0 Å². The van der Waals surface area contributed by atoms with Crippen LogP contribution in [-0.2, 0) is 9.53 Å². The van der Waals surface area contributed by atoms with E-state index >= 15 is 0 Å². The number of nitrogens with one attached hydrogen (secondary N) is 1. The molecule has 2 rings (SSSR count). The van der Waals surface area contributed by atoms with Gasteiger partial charge in [-0.3, -0.25) is 9.69 Å². The fourth-order valence-corrected chi connectivity index (χ4v) is 2.19. The predicted molar refractivity (Wildman–Crippen MR) is 75.9 cm³/mol. The van der Waals surface area contributed by atoms with Gasteiger partial charge in [0.1, 0.15) is 5.82 Å². The molecule has 1 amide bonds. The van der Waals surface area contributed by atoms with E-state index in [2.05, 4.69) is 5.32 Å². The monoisotopic (exact) mass is 281 g/mol. The molecule has 1 heterocycles. The average Bonchev–Trinajstić information content (AvgIpc) is 2.71. The second kappa shape index (κ2) is 6.67. The molecule has 0 saturated carbocycles. The summed E-state index contributed by atoms with van der Waals surface area (Å²) in [6, 6.07) is 3.79. The van der Waals surface area contributed by atoms with E-state index in [-0.39, 0.29) is 17.6 Å². The summed E-state index contributed by atoms with van der Waals surface area (Å²) in [5.74, 6) is -0.727. The summed E-state index contributed by atoms with van der Waals surface area (Å²) in [5, 5.41) is 2.59. The first-order chi connectivity index (χ1) is 9.58. The number of hydrogen-bond donors (Lipinski definition) is 2. The number of amides is 1. The molecule has 0 bridgehead atoms. The van der Waals surface area contributed by atoms with Crippen LogP contribution in [0, 0.1) is 5.82 Å². The number of rotatable bonds is 3. The standard InChI is InChI=1S/C14H20FN3O2/c1-10(18-5-2-7-20-8-6-18)14(19)17-13-9-11(16)3-4-12(13)15/h3-4,9-10H,2,5-8,16H2,1H3,(H,17,19). The number of benzene rings is 1. The maximum absolute atomic E-state index is 13.6. The fourth-order valence-electron chi connectivity index (χ4n) is 2.19. The van der Waals surface area contributed by atoms with Gasteiger partial charge in [-0.15, -0.1) is 0 Å². The van der Waals surface area contributed by atoms with E-state index in [1.54, 1.807) is 0 Å². The van der Waals surface area contributed by atoms with E-state index in [1.807, 2.05) is 11.8 Å². The topological polar surface area (TPSA) is 67.6 Å². The van der Waals surface area contributed by atoms with Crippen molar-refractivity contribution in [3.05, 3.63) is 24.0 Å². The Morgan fingerprint density at radius 3 is 3.05 bits per heavy atom. The van der Waals surface area contributed by atoms with Crippen molar-refractivity contribution in [1.82, 2.24) is 4.90 Å². The zero-order valence-corrected chi connectivity index (χ0v) is 11.6. The van der Waals surface area contributed by atoms with Gasteiger partial charge < -0.3 is 15.8 Å². The summed E-state index contributed by atoms with van der Waals surface area (Å²) in [7, 11) is 0. The molecule has 110 valence electrons. The second-order valence-electron chi connectivity index (χ2n) is 4.91. The van der Waals surface area contributed by atoms with Crippen LogP contribution in [0.3, 0.4) is 0 Å². The van der Waals surface area contributed by atoms with Gasteiger partial charge in [-0.05, 0) is 31.5 Å². The molecule has 6 heteroatoms. The molecule has 0 radical (unpaired) electrons. The molecule has 3 N–H and O–H groups in total. The first-order valence-electron chi connectivity index (χ1n) is 6.75. The molecule has 1 fully saturated rings. The van der Waals surface area contributed by atoms with Gasteiger partial charge in [0, 0.05) is 25.4 Å². The molecular weight excluding hydrogens is 261 g/mol. The normalized spacial score (nSPS) is 18.3. The van der Waals surface area contributed by atoms with Crippen LogP contribution < -0.4 is 11.1 Å². The van der Waals surface area contributed by atoms with E-state index < -0.39 is 5.82 Å². The summed E-state index contributed by atoms with van der Waals surface area (Å²) in [6.07, 6.45) is 0.893. The quantitative estimate of drug-likeness (QED) is 0.823. The van der Waals surface area contributed by atoms with Crippen molar-refractivity contribution in [3.63, 3.8) is 0 Å². The van der Waals surface area contributed by atoms with Gasteiger partial charge in [0.15, 0.2) is 0 Å². The Kier molecular flexibility index (Phi) is 4.92. The highest BCUT2D eigenvalue weighted by atomic mass is 19.1. The van der Waals surface area contributed by atoms with Gasteiger partial charge in [-0.25, -0.2) is 4.39 Å². The Balaban J connectivity index is 2.01. The first-order valence-corrected chi connectivity index (χ1v) is 6.75. The summed E-state index contributed by atoms with van der Waals surface area (Å²) in [5.41, 5.74) is 6.13. The number of hydrogen-bond acceptors (Lipinski definition) is 4. The van der Waals surface area contributed by atoms with Crippen LogP contribution in [0.25, 0.3) is 0 Å². The van der Waals surface area contributed by atoms with Crippen molar-refractivity contribution >= 4 is 17.3 Å². The number of nitrogen functional groups attached to an aromatic ring is 1. The lowest BCUT2D eigenvalue weighted by Crippen LogP contribution is -2.43. The molecule has 1 saturated heterocycles. The maximum atomic E-state index is 13.6. The van der Waals surface area contributed by atoms with E-state index in [9.17, 15) is 9.18 Å². The Hall–Kier alpha value is -1.66. The summed E-state index contributed by atoms with van der Waals surface area (Å²) in [6.45, 7) is 4.64. The Morgan fingerprint density at radius 1 is 1.45 bits per heavy atom. The van der Waals surface area contributed by atoms with Crippen molar-refractivity contribution in [2.75, 3.05) is 37.4 Å².